The normalized spacial score (nSPS) is 17.4. The molecule has 1 N–H and O–H groups in total. The molecule has 1 aliphatic rings. The number of benzene rings is 1. The zero-order valence-electron chi connectivity index (χ0n) is 18.7. The molecule has 1 aromatic carbocycles. The monoisotopic (exact) mass is 459 g/mol. The molecule has 0 radical (unpaired) electrons. The van der Waals surface area contributed by atoms with E-state index < -0.39 is 18.3 Å². The number of furan rings is 1. The Hall–Kier alpha value is -2.01. The largest absolute Gasteiger partial charge is 0.497 e. The van der Waals surface area contributed by atoms with Crippen LogP contribution in [0.5, 0.6) is 0 Å². The topological polar surface area (TPSA) is 76.8 Å². The van der Waals surface area contributed by atoms with Crippen LogP contribution in [-0.2, 0) is 9.31 Å². The number of thiol groups is 1. The summed E-state index contributed by atoms with van der Waals surface area (Å²) < 4.78 is 20.5. The van der Waals surface area contributed by atoms with E-state index in [9.17, 15) is 4.79 Å². The third kappa shape index (κ3) is 3.65. The van der Waals surface area contributed by atoms with Gasteiger partial charge in [0.25, 0.3) is 5.91 Å². The van der Waals surface area contributed by atoms with Crippen molar-refractivity contribution in [3.05, 3.63) is 28.9 Å². The van der Waals surface area contributed by atoms with E-state index in [-0.39, 0.29) is 5.91 Å². The molecule has 0 unspecified atom stereocenters. The van der Waals surface area contributed by atoms with Crippen LogP contribution < -0.4 is 15.1 Å². The fraction of sp³-hybridized carbons (Fsp3) is 0.429. The van der Waals surface area contributed by atoms with Crippen LogP contribution in [0.3, 0.4) is 0 Å². The van der Waals surface area contributed by atoms with Gasteiger partial charge in [0, 0.05) is 42.9 Å². The Morgan fingerprint density at radius 3 is 2.39 bits per heavy atom. The summed E-state index contributed by atoms with van der Waals surface area (Å²) in [5.41, 5.74) is 1.61. The Morgan fingerprint density at radius 1 is 1.23 bits per heavy atom. The molecule has 10 heteroatoms. The summed E-state index contributed by atoms with van der Waals surface area (Å²) in [7, 11) is 2.82. The molecular formula is C21H26BN3O4S2. The zero-order valence-corrected chi connectivity index (χ0v) is 20.4. The number of aromatic nitrogens is 1. The van der Waals surface area contributed by atoms with Gasteiger partial charge in [0.2, 0.25) is 0 Å². The second-order valence-electron chi connectivity index (χ2n) is 8.65. The maximum atomic E-state index is 12.9. The number of nitrogens with one attached hydrogen (secondary N) is 1. The molecule has 7 nitrogen and oxygen atoms in total. The maximum Gasteiger partial charge on any atom is 0.497 e. The third-order valence-corrected chi connectivity index (χ3v) is 7.12. The minimum atomic E-state index is -0.611. The van der Waals surface area contributed by atoms with Gasteiger partial charge in [-0.2, -0.15) is 0 Å². The third-order valence-electron chi connectivity index (χ3n) is 5.99. The smallest absolute Gasteiger partial charge is 0.454 e. The minimum absolute atomic E-state index is 0.230. The number of amides is 1. The summed E-state index contributed by atoms with van der Waals surface area (Å²) in [6.45, 7) is 9.95. The van der Waals surface area contributed by atoms with Gasteiger partial charge in [0.05, 0.1) is 26.7 Å². The highest BCUT2D eigenvalue weighted by Gasteiger charge is 2.52. The fourth-order valence-electron chi connectivity index (χ4n) is 3.58. The number of carbonyl (C=O) groups excluding carboxylic acids is 1. The number of hydrogen-bond acceptors (Lipinski definition) is 8. The lowest BCUT2D eigenvalue weighted by Crippen LogP contribution is -2.41. The summed E-state index contributed by atoms with van der Waals surface area (Å²) in [5, 5.41) is 4.31. The molecule has 164 valence electrons. The van der Waals surface area contributed by atoms with Gasteiger partial charge in [-0.15, -0.1) is 11.3 Å². The Morgan fingerprint density at radius 2 is 1.87 bits per heavy atom. The Balaban J connectivity index is 1.96. The van der Waals surface area contributed by atoms with Crippen molar-refractivity contribution in [2.24, 2.45) is 0 Å². The van der Waals surface area contributed by atoms with Gasteiger partial charge < -0.3 is 23.3 Å². The van der Waals surface area contributed by atoms with Crippen LogP contribution in [0.2, 0.25) is 0 Å². The molecule has 31 heavy (non-hydrogen) atoms. The molecule has 0 atom stereocenters. The fourth-order valence-corrected chi connectivity index (χ4v) is 4.52. The summed E-state index contributed by atoms with van der Waals surface area (Å²) in [5.74, 6) is 0.269. The first kappa shape index (κ1) is 22.2. The molecule has 1 amide bonds. The zero-order chi connectivity index (χ0) is 22.7. The van der Waals surface area contributed by atoms with E-state index in [0.29, 0.717) is 22.3 Å². The number of carbonyl (C=O) groups is 1. The van der Waals surface area contributed by atoms with Crippen LogP contribution in [0.25, 0.3) is 21.6 Å². The van der Waals surface area contributed by atoms with E-state index in [1.807, 2.05) is 53.8 Å². The van der Waals surface area contributed by atoms with Crippen LogP contribution in [-0.4, -0.2) is 43.3 Å². The molecule has 0 aliphatic carbocycles. The summed E-state index contributed by atoms with van der Waals surface area (Å²) >= 11 is 6.00. The van der Waals surface area contributed by atoms with Gasteiger partial charge in [-0.1, -0.05) is 12.8 Å². The first-order valence-corrected chi connectivity index (χ1v) is 11.2. The SMILES string of the molecule is CNC(=O)c1c(-c2cnc(C)s2)oc2cc(N(C)S)c(B3OC(C)(C)C(C)(C)O3)cc12. The highest BCUT2D eigenvalue weighted by molar-refractivity contribution is 7.81. The minimum Gasteiger partial charge on any atom is -0.454 e. The molecule has 3 aromatic rings. The number of hydrogen-bond donors (Lipinski definition) is 2. The van der Waals surface area contributed by atoms with Gasteiger partial charge in [-0.05, 0) is 40.7 Å². The van der Waals surface area contributed by atoms with Gasteiger partial charge in [-0.3, -0.25) is 4.79 Å². The van der Waals surface area contributed by atoms with Crippen molar-refractivity contribution < 1.29 is 18.5 Å². The Bertz CT molecular complexity index is 1150. The van der Waals surface area contributed by atoms with E-state index in [0.717, 1.165) is 21.0 Å². The van der Waals surface area contributed by atoms with Crippen LogP contribution in [0, 0.1) is 6.92 Å². The molecule has 3 heterocycles. The van der Waals surface area contributed by atoms with Gasteiger partial charge >= 0.3 is 7.12 Å². The van der Waals surface area contributed by atoms with Crippen LogP contribution >= 0.6 is 24.2 Å². The van der Waals surface area contributed by atoms with Crippen molar-refractivity contribution in [1.29, 1.82) is 0 Å². The molecule has 0 saturated carbocycles. The molecule has 1 aliphatic heterocycles. The van der Waals surface area contributed by atoms with Crippen molar-refractivity contribution in [3.8, 4) is 10.6 Å². The van der Waals surface area contributed by atoms with Gasteiger partial charge in [0.1, 0.15) is 5.58 Å². The van der Waals surface area contributed by atoms with Crippen molar-refractivity contribution >= 4 is 59.3 Å². The van der Waals surface area contributed by atoms with Crippen molar-refractivity contribution in [2.75, 3.05) is 18.4 Å². The molecular weight excluding hydrogens is 433 g/mol. The van der Waals surface area contributed by atoms with Crippen molar-refractivity contribution in [2.45, 2.75) is 45.8 Å². The van der Waals surface area contributed by atoms with E-state index in [1.54, 1.807) is 17.5 Å². The molecule has 4 rings (SSSR count). The number of nitrogens with zero attached hydrogens (tertiary/aromatic N) is 2. The van der Waals surface area contributed by atoms with E-state index in [1.165, 1.54) is 11.3 Å². The van der Waals surface area contributed by atoms with Gasteiger partial charge in [-0.25, -0.2) is 4.98 Å². The molecule has 2 aromatic heterocycles. The summed E-state index contributed by atoms with van der Waals surface area (Å²) in [6, 6.07) is 3.78. The highest BCUT2D eigenvalue weighted by Crippen LogP contribution is 2.40. The Labute approximate surface area is 191 Å². The number of anilines is 1. The second kappa shape index (κ2) is 7.55. The van der Waals surface area contributed by atoms with E-state index in [4.69, 9.17) is 13.7 Å². The standard InChI is InChI=1S/C21H26BN3O4S2/c1-11-24-10-16(31-11)18-17(19(26)23-6)12-8-13(14(25(7)30)9-15(12)27-18)22-28-20(2,3)21(4,5)29-22/h8-10,30H,1-7H3,(H,23,26). The van der Waals surface area contributed by atoms with Crippen LogP contribution in [0.15, 0.2) is 22.7 Å². The average molecular weight is 459 g/mol. The van der Waals surface area contributed by atoms with Crippen molar-refractivity contribution in [3.63, 3.8) is 0 Å². The van der Waals surface area contributed by atoms with Crippen LogP contribution in [0.4, 0.5) is 5.69 Å². The summed E-state index contributed by atoms with van der Waals surface area (Å²) in [4.78, 5) is 18.0. The predicted molar refractivity (Wildman–Crippen MR) is 129 cm³/mol. The van der Waals surface area contributed by atoms with Crippen molar-refractivity contribution in [1.82, 2.24) is 10.3 Å². The molecule has 1 saturated heterocycles. The lowest BCUT2D eigenvalue weighted by molar-refractivity contribution is 0.00578. The highest BCUT2D eigenvalue weighted by atomic mass is 32.1. The van der Waals surface area contributed by atoms with E-state index in [2.05, 4.69) is 23.1 Å². The van der Waals surface area contributed by atoms with E-state index >= 15 is 0 Å². The first-order valence-electron chi connectivity index (χ1n) is 9.98. The second-order valence-corrected chi connectivity index (χ2v) is 10.5. The first-order chi connectivity index (χ1) is 14.4. The number of rotatable bonds is 4. The lowest BCUT2D eigenvalue weighted by Gasteiger charge is -2.32. The number of fused-ring (bicyclic) bond motifs is 1. The quantitative estimate of drug-likeness (QED) is 0.457. The Kier molecular flexibility index (Phi) is 5.40. The van der Waals surface area contributed by atoms with Gasteiger partial charge in [0.15, 0.2) is 5.76 Å². The van der Waals surface area contributed by atoms with Crippen LogP contribution in [0.1, 0.15) is 43.1 Å². The summed E-state index contributed by atoms with van der Waals surface area (Å²) in [6.07, 6.45) is 1.73. The maximum absolute atomic E-state index is 12.9. The number of thiazole rings is 1. The lowest BCUT2D eigenvalue weighted by atomic mass is 9.77. The average Bonchev–Trinajstić information content (AvgIpc) is 3.33. The predicted octanol–water partition coefficient (Wildman–Crippen LogP) is 3.80. The molecule has 1 fully saturated rings. The molecule has 0 bridgehead atoms. The molecule has 0 spiro atoms. The number of aryl methyl sites for hydroxylation is 1.